The van der Waals surface area contributed by atoms with Crippen LogP contribution in [-0.2, 0) is 18.3 Å². The summed E-state index contributed by atoms with van der Waals surface area (Å²) in [5.74, 6) is 1.44. The van der Waals surface area contributed by atoms with E-state index < -0.39 is 0 Å². The van der Waals surface area contributed by atoms with E-state index in [4.69, 9.17) is 4.74 Å². The van der Waals surface area contributed by atoms with Crippen molar-refractivity contribution in [1.82, 2.24) is 14.9 Å². The molecule has 0 saturated carbocycles. The minimum Gasteiger partial charge on any atom is -0.497 e. The molecule has 3 aromatic carbocycles. The molecule has 1 aromatic heterocycles. The second-order valence-corrected chi connectivity index (χ2v) is 7.41. The Balaban J connectivity index is 1.52. The number of carbonyl (C=O) groups excluding carboxylic acids is 1. The Morgan fingerprint density at radius 3 is 2.42 bits per heavy atom. The molecule has 0 fully saturated rings. The number of amides is 1. The standard InChI is InChI=1S/C26H25N3O2/c1-29-16-15-27-26(29)25(22-9-6-10-23(18-22)31-2)28-24(30)17-19-11-13-21(14-12-19)20-7-4-3-5-8-20/h3-16,18,25H,17H2,1-2H3,(H,28,30). The summed E-state index contributed by atoms with van der Waals surface area (Å²) in [7, 11) is 3.55. The van der Waals surface area contributed by atoms with Gasteiger partial charge in [0.2, 0.25) is 5.91 Å². The lowest BCUT2D eigenvalue weighted by Crippen LogP contribution is -2.32. The Bertz CT molecular complexity index is 1150. The number of benzene rings is 3. The van der Waals surface area contributed by atoms with Crippen molar-refractivity contribution in [3.05, 3.63) is 108 Å². The zero-order chi connectivity index (χ0) is 21.6. The van der Waals surface area contributed by atoms with Gasteiger partial charge in [-0.05, 0) is 34.4 Å². The highest BCUT2D eigenvalue weighted by Crippen LogP contribution is 2.25. The largest absolute Gasteiger partial charge is 0.497 e. The van der Waals surface area contributed by atoms with Gasteiger partial charge in [-0.2, -0.15) is 0 Å². The van der Waals surface area contributed by atoms with Crippen molar-refractivity contribution < 1.29 is 9.53 Å². The number of nitrogens with one attached hydrogen (secondary N) is 1. The van der Waals surface area contributed by atoms with Crippen LogP contribution >= 0.6 is 0 Å². The number of aryl methyl sites for hydroxylation is 1. The first-order chi connectivity index (χ1) is 15.1. The fraction of sp³-hybridized carbons (Fsp3) is 0.154. The molecule has 0 spiro atoms. The van der Waals surface area contributed by atoms with Gasteiger partial charge in [-0.1, -0.05) is 66.7 Å². The van der Waals surface area contributed by atoms with Gasteiger partial charge in [-0.15, -0.1) is 0 Å². The Kier molecular flexibility index (Phi) is 6.13. The third kappa shape index (κ3) is 4.83. The monoisotopic (exact) mass is 411 g/mol. The van der Waals surface area contributed by atoms with E-state index >= 15 is 0 Å². The van der Waals surface area contributed by atoms with Crippen LogP contribution in [0.4, 0.5) is 0 Å². The van der Waals surface area contributed by atoms with Crippen molar-refractivity contribution in [3.63, 3.8) is 0 Å². The lowest BCUT2D eigenvalue weighted by Gasteiger charge is -2.20. The maximum atomic E-state index is 12.9. The first-order valence-corrected chi connectivity index (χ1v) is 10.2. The Morgan fingerprint density at radius 2 is 1.74 bits per heavy atom. The predicted molar refractivity (Wildman–Crippen MR) is 122 cm³/mol. The molecule has 5 heteroatoms. The quantitative estimate of drug-likeness (QED) is 0.486. The molecule has 156 valence electrons. The molecule has 0 aliphatic rings. The number of methoxy groups -OCH3 is 1. The highest BCUT2D eigenvalue weighted by molar-refractivity contribution is 5.79. The highest BCUT2D eigenvalue weighted by atomic mass is 16.5. The Hall–Kier alpha value is -3.86. The van der Waals surface area contributed by atoms with E-state index in [1.54, 1.807) is 13.3 Å². The molecule has 31 heavy (non-hydrogen) atoms. The van der Waals surface area contributed by atoms with Crippen LogP contribution in [0.1, 0.15) is 23.0 Å². The van der Waals surface area contributed by atoms with E-state index in [0.717, 1.165) is 33.8 Å². The maximum Gasteiger partial charge on any atom is 0.225 e. The SMILES string of the molecule is COc1cccc(C(NC(=O)Cc2ccc(-c3ccccc3)cc2)c2nccn2C)c1. The molecule has 0 saturated heterocycles. The zero-order valence-corrected chi connectivity index (χ0v) is 17.7. The van der Waals surface area contributed by atoms with E-state index in [1.165, 1.54) is 0 Å². The smallest absolute Gasteiger partial charge is 0.225 e. The molecule has 0 aliphatic heterocycles. The van der Waals surface area contributed by atoms with Crippen molar-refractivity contribution in [2.45, 2.75) is 12.5 Å². The lowest BCUT2D eigenvalue weighted by molar-refractivity contribution is -0.121. The number of ether oxygens (including phenoxy) is 1. The molecular formula is C26H25N3O2. The molecule has 5 nitrogen and oxygen atoms in total. The predicted octanol–water partition coefficient (Wildman–Crippen LogP) is 4.54. The van der Waals surface area contributed by atoms with Crippen molar-refractivity contribution in [1.29, 1.82) is 0 Å². The number of rotatable bonds is 7. The second kappa shape index (κ2) is 9.30. The molecular weight excluding hydrogens is 386 g/mol. The van der Waals surface area contributed by atoms with E-state index in [0.29, 0.717) is 6.42 Å². The lowest BCUT2D eigenvalue weighted by atomic mass is 10.0. The first-order valence-electron chi connectivity index (χ1n) is 10.2. The van der Waals surface area contributed by atoms with Gasteiger partial charge in [-0.3, -0.25) is 4.79 Å². The maximum absolute atomic E-state index is 12.9. The molecule has 0 bridgehead atoms. The van der Waals surface area contributed by atoms with Gasteiger partial charge in [0, 0.05) is 19.4 Å². The molecule has 1 heterocycles. The Morgan fingerprint density at radius 1 is 1.00 bits per heavy atom. The van der Waals surface area contributed by atoms with Crippen molar-refractivity contribution >= 4 is 5.91 Å². The molecule has 1 amide bonds. The third-order valence-electron chi connectivity index (χ3n) is 5.27. The number of carbonyl (C=O) groups is 1. The summed E-state index contributed by atoms with van der Waals surface area (Å²) >= 11 is 0. The molecule has 0 radical (unpaired) electrons. The highest BCUT2D eigenvalue weighted by Gasteiger charge is 2.21. The minimum absolute atomic E-state index is 0.0664. The van der Waals surface area contributed by atoms with E-state index in [2.05, 4.69) is 34.6 Å². The average molecular weight is 412 g/mol. The van der Waals surface area contributed by atoms with E-state index in [-0.39, 0.29) is 11.9 Å². The topological polar surface area (TPSA) is 56.1 Å². The fourth-order valence-corrected chi connectivity index (χ4v) is 3.62. The van der Waals surface area contributed by atoms with Gasteiger partial charge in [0.1, 0.15) is 17.6 Å². The molecule has 1 N–H and O–H groups in total. The van der Waals surface area contributed by atoms with Crippen LogP contribution in [0.2, 0.25) is 0 Å². The first kappa shape index (κ1) is 20.4. The van der Waals surface area contributed by atoms with Gasteiger partial charge < -0.3 is 14.6 Å². The van der Waals surface area contributed by atoms with Gasteiger partial charge in [0.05, 0.1) is 13.5 Å². The van der Waals surface area contributed by atoms with Gasteiger partial charge >= 0.3 is 0 Å². The van der Waals surface area contributed by atoms with Crippen LogP contribution < -0.4 is 10.1 Å². The number of hydrogen-bond acceptors (Lipinski definition) is 3. The van der Waals surface area contributed by atoms with Crippen molar-refractivity contribution in [2.75, 3.05) is 7.11 Å². The number of imidazole rings is 1. The summed E-state index contributed by atoms with van der Waals surface area (Å²) in [6.07, 6.45) is 3.90. The van der Waals surface area contributed by atoms with Crippen LogP contribution in [0.25, 0.3) is 11.1 Å². The van der Waals surface area contributed by atoms with Gasteiger partial charge in [-0.25, -0.2) is 4.98 Å². The van der Waals surface area contributed by atoms with Crippen molar-refractivity contribution in [2.24, 2.45) is 7.05 Å². The summed E-state index contributed by atoms with van der Waals surface area (Å²) in [6, 6.07) is 25.6. The number of hydrogen-bond donors (Lipinski definition) is 1. The molecule has 1 atom stereocenters. The van der Waals surface area contributed by atoms with E-state index in [1.807, 2.05) is 72.4 Å². The molecule has 1 unspecified atom stereocenters. The van der Waals surface area contributed by atoms with Crippen LogP contribution in [0.3, 0.4) is 0 Å². The third-order valence-corrected chi connectivity index (χ3v) is 5.27. The average Bonchev–Trinajstić information content (AvgIpc) is 3.24. The van der Waals surface area contributed by atoms with Gasteiger partial charge in [0.25, 0.3) is 0 Å². The summed E-state index contributed by atoms with van der Waals surface area (Å²) in [4.78, 5) is 17.4. The normalized spacial score (nSPS) is 11.7. The van der Waals surface area contributed by atoms with Crippen LogP contribution in [0.5, 0.6) is 5.75 Å². The van der Waals surface area contributed by atoms with Crippen LogP contribution in [-0.4, -0.2) is 22.6 Å². The van der Waals surface area contributed by atoms with Crippen LogP contribution in [0.15, 0.2) is 91.3 Å². The number of nitrogens with zero attached hydrogens (tertiary/aromatic N) is 2. The molecule has 4 aromatic rings. The summed E-state index contributed by atoms with van der Waals surface area (Å²) in [5, 5.41) is 3.14. The van der Waals surface area contributed by atoms with E-state index in [9.17, 15) is 4.79 Å². The summed E-state index contributed by atoms with van der Waals surface area (Å²) in [6.45, 7) is 0. The van der Waals surface area contributed by atoms with Crippen LogP contribution in [0, 0.1) is 0 Å². The molecule has 4 rings (SSSR count). The fourth-order valence-electron chi connectivity index (χ4n) is 3.62. The summed E-state index contributed by atoms with van der Waals surface area (Å²) in [5.41, 5.74) is 4.17. The molecule has 0 aliphatic carbocycles. The minimum atomic E-state index is -0.369. The zero-order valence-electron chi connectivity index (χ0n) is 17.7. The Labute approximate surface area is 182 Å². The van der Waals surface area contributed by atoms with Crippen molar-refractivity contribution in [3.8, 4) is 16.9 Å². The van der Waals surface area contributed by atoms with Gasteiger partial charge in [0.15, 0.2) is 0 Å². The second-order valence-electron chi connectivity index (χ2n) is 7.41. The number of aromatic nitrogens is 2. The summed E-state index contributed by atoms with van der Waals surface area (Å²) < 4.78 is 7.28.